The molecule has 0 aliphatic carbocycles. The number of benzene rings is 1. The summed E-state index contributed by atoms with van der Waals surface area (Å²) in [6.07, 6.45) is 2.00. The molecule has 1 N–H and O–H groups in total. The van der Waals surface area contributed by atoms with Crippen molar-refractivity contribution in [3.05, 3.63) is 23.2 Å². The second-order valence-electron chi connectivity index (χ2n) is 4.38. The number of hydrogen-bond donors (Lipinski definition) is 1. The zero-order valence-corrected chi connectivity index (χ0v) is 11.9. The predicted octanol–water partition coefficient (Wildman–Crippen LogP) is 1.86. The maximum atomic E-state index is 11.9. The van der Waals surface area contributed by atoms with Crippen molar-refractivity contribution < 1.29 is 17.9 Å². The van der Waals surface area contributed by atoms with Gasteiger partial charge in [0.25, 0.3) is 5.91 Å². The summed E-state index contributed by atoms with van der Waals surface area (Å²) in [5.41, 5.74) is 0.190. The highest BCUT2D eigenvalue weighted by molar-refractivity contribution is 7.91. The second kappa shape index (κ2) is 5.48. The van der Waals surface area contributed by atoms with E-state index in [0.717, 1.165) is 12.7 Å². The van der Waals surface area contributed by atoms with E-state index in [1.165, 1.54) is 12.1 Å². The van der Waals surface area contributed by atoms with Crippen LogP contribution in [0.25, 0.3) is 0 Å². The van der Waals surface area contributed by atoms with Gasteiger partial charge in [0.2, 0.25) is 0 Å². The van der Waals surface area contributed by atoms with E-state index in [2.05, 4.69) is 5.32 Å². The summed E-state index contributed by atoms with van der Waals surface area (Å²) < 4.78 is 28.7. The van der Waals surface area contributed by atoms with Gasteiger partial charge in [0.15, 0.2) is 9.84 Å². The van der Waals surface area contributed by atoms with Crippen molar-refractivity contribution in [3.63, 3.8) is 0 Å². The van der Waals surface area contributed by atoms with E-state index in [4.69, 9.17) is 16.3 Å². The van der Waals surface area contributed by atoms with Crippen molar-refractivity contribution in [1.82, 2.24) is 0 Å². The fourth-order valence-corrected chi connectivity index (χ4v) is 3.52. The lowest BCUT2D eigenvalue weighted by molar-refractivity contribution is -0.124. The zero-order valence-electron chi connectivity index (χ0n) is 10.3. The Labute approximate surface area is 116 Å². The number of amides is 1. The van der Waals surface area contributed by atoms with Gasteiger partial charge >= 0.3 is 0 Å². The van der Waals surface area contributed by atoms with Crippen LogP contribution >= 0.6 is 11.6 Å². The number of halogens is 1. The Kier molecular flexibility index (Phi) is 4.13. The Morgan fingerprint density at radius 3 is 2.79 bits per heavy atom. The van der Waals surface area contributed by atoms with Crippen molar-refractivity contribution in [2.24, 2.45) is 0 Å². The number of carbonyl (C=O) groups excluding carboxylic acids is 1. The zero-order chi connectivity index (χ0) is 14.0. The van der Waals surface area contributed by atoms with E-state index in [9.17, 15) is 13.2 Å². The number of hydrogen-bond acceptors (Lipinski definition) is 4. The first kappa shape index (κ1) is 14.3. The molecule has 0 unspecified atom stereocenters. The molecule has 104 valence electrons. The van der Waals surface area contributed by atoms with Gasteiger partial charge in [-0.3, -0.25) is 4.79 Å². The Balaban J connectivity index is 2.30. The van der Waals surface area contributed by atoms with Crippen LogP contribution in [0.15, 0.2) is 23.1 Å². The molecule has 1 aromatic rings. The molecule has 1 atom stereocenters. The van der Waals surface area contributed by atoms with Crippen LogP contribution in [0, 0.1) is 0 Å². The lowest BCUT2D eigenvalue weighted by Crippen LogP contribution is -2.27. The second-order valence-corrected chi connectivity index (χ2v) is 6.74. The maximum absolute atomic E-state index is 11.9. The lowest BCUT2D eigenvalue weighted by atomic mass is 10.2. The van der Waals surface area contributed by atoms with Crippen LogP contribution in [0.2, 0.25) is 5.02 Å². The summed E-state index contributed by atoms with van der Waals surface area (Å²) >= 11 is 5.90. The quantitative estimate of drug-likeness (QED) is 0.925. The molecule has 0 aromatic heterocycles. The Bertz CT molecular complexity index is 594. The van der Waals surface area contributed by atoms with Crippen molar-refractivity contribution in [2.75, 3.05) is 18.2 Å². The molecule has 0 spiro atoms. The van der Waals surface area contributed by atoms with Gasteiger partial charge in [0.1, 0.15) is 11.0 Å². The number of carbonyl (C=O) groups is 1. The third-order valence-electron chi connectivity index (χ3n) is 2.82. The van der Waals surface area contributed by atoms with Crippen LogP contribution in [0.1, 0.15) is 12.8 Å². The average Bonchev–Trinajstić information content (AvgIpc) is 2.80. The fourth-order valence-electron chi connectivity index (χ4n) is 1.98. The molecule has 1 amide bonds. The molecule has 19 heavy (non-hydrogen) atoms. The van der Waals surface area contributed by atoms with E-state index in [0.29, 0.717) is 13.0 Å². The van der Waals surface area contributed by atoms with E-state index >= 15 is 0 Å². The van der Waals surface area contributed by atoms with E-state index in [-0.39, 0.29) is 21.5 Å². The summed E-state index contributed by atoms with van der Waals surface area (Å²) in [5.74, 6) is -0.343. The first-order valence-corrected chi connectivity index (χ1v) is 8.07. The van der Waals surface area contributed by atoms with E-state index in [1.54, 1.807) is 6.07 Å². The van der Waals surface area contributed by atoms with Crippen molar-refractivity contribution in [1.29, 1.82) is 0 Å². The van der Waals surface area contributed by atoms with Gasteiger partial charge in [-0.2, -0.15) is 0 Å². The molecule has 0 bridgehead atoms. The molecule has 1 saturated heterocycles. The van der Waals surface area contributed by atoms with Crippen molar-refractivity contribution >= 4 is 33.0 Å². The van der Waals surface area contributed by atoms with Crippen LogP contribution in [0.5, 0.6) is 0 Å². The summed E-state index contributed by atoms with van der Waals surface area (Å²) in [5, 5.41) is 2.66. The molecule has 1 fully saturated rings. The van der Waals surface area contributed by atoms with Gasteiger partial charge in [0.05, 0.1) is 10.7 Å². The monoisotopic (exact) mass is 303 g/mol. The van der Waals surface area contributed by atoms with Crippen LogP contribution < -0.4 is 5.32 Å². The van der Waals surface area contributed by atoms with Gasteiger partial charge in [-0.15, -0.1) is 0 Å². The van der Waals surface area contributed by atoms with Gasteiger partial charge < -0.3 is 10.1 Å². The van der Waals surface area contributed by atoms with Gasteiger partial charge in [-0.05, 0) is 25.0 Å². The van der Waals surface area contributed by atoms with Crippen LogP contribution in [0.4, 0.5) is 5.69 Å². The summed E-state index contributed by atoms with van der Waals surface area (Å²) in [7, 11) is -3.52. The third kappa shape index (κ3) is 3.26. The van der Waals surface area contributed by atoms with Crippen LogP contribution in [-0.2, 0) is 19.4 Å². The molecule has 1 heterocycles. The fraction of sp³-hybridized carbons (Fsp3) is 0.417. The molecular weight excluding hydrogens is 290 g/mol. The Morgan fingerprint density at radius 2 is 2.21 bits per heavy atom. The predicted molar refractivity (Wildman–Crippen MR) is 72.2 cm³/mol. The maximum Gasteiger partial charge on any atom is 0.253 e. The topological polar surface area (TPSA) is 72.5 Å². The molecule has 0 radical (unpaired) electrons. The standard InChI is InChI=1S/C12H14ClNO4S/c1-19(16,17)11-8(13)4-2-5-9(11)14-12(15)10-6-3-7-18-10/h2,4-5,10H,3,6-7H2,1H3,(H,14,15)/t10-/m0/s1. The minimum Gasteiger partial charge on any atom is -0.368 e. The Hall–Kier alpha value is -1.11. The summed E-state index contributed by atoms with van der Waals surface area (Å²) in [4.78, 5) is 11.9. The highest BCUT2D eigenvalue weighted by Crippen LogP contribution is 2.29. The summed E-state index contributed by atoms with van der Waals surface area (Å²) in [6, 6.07) is 4.57. The Morgan fingerprint density at radius 1 is 1.47 bits per heavy atom. The number of nitrogens with one attached hydrogen (secondary N) is 1. The molecule has 2 rings (SSSR count). The highest BCUT2D eigenvalue weighted by atomic mass is 35.5. The lowest BCUT2D eigenvalue weighted by Gasteiger charge is -2.14. The number of sulfone groups is 1. The summed E-state index contributed by atoms with van der Waals surface area (Å²) in [6.45, 7) is 0.548. The molecule has 1 aromatic carbocycles. The van der Waals surface area contributed by atoms with Crippen molar-refractivity contribution in [3.8, 4) is 0 Å². The first-order valence-electron chi connectivity index (χ1n) is 5.80. The number of rotatable bonds is 3. The SMILES string of the molecule is CS(=O)(=O)c1c(Cl)cccc1NC(=O)[C@@H]1CCCO1. The molecule has 1 aliphatic heterocycles. The minimum atomic E-state index is -3.52. The van der Waals surface area contributed by atoms with Gasteiger partial charge in [0, 0.05) is 12.9 Å². The van der Waals surface area contributed by atoms with Crippen LogP contribution in [-0.4, -0.2) is 33.3 Å². The van der Waals surface area contributed by atoms with E-state index in [1.807, 2.05) is 0 Å². The van der Waals surface area contributed by atoms with E-state index < -0.39 is 15.9 Å². The molecule has 0 saturated carbocycles. The van der Waals surface area contributed by atoms with Gasteiger partial charge in [-0.1, -0.05) is 17.7 Å². The molecule has 7 heteroatoms. The molecular formula is C12H14ClNO4S. The van der Waals surface area contributed by atoms with Gasteiger partial charge in [-0.25, -0.2) is 8.42 Å². The highest BCUT2D eigenvalue weighted by Gasteiger charge is 2.26. The first-order chi connectivity index (χ1) is 8.89. The molecule has 5 nitrogen and oxygen atoms in total. The third-order valence-corrected chi connectivity index (χ3v) is 4.43. The minimum absolute atomic E-state index is 0.0667. The number of anilines is 1. The number of ether oxygens (including phenoxy) is 1. The van der Waals surface area contributed by atoms with Crippen molar-refractivity contribution in [2.45, 2.75) is 23.8 Å². The smallest absolute Gasteiger partial charge is 0.253 e. The van der Waals surface area contributed by atoms with Crippen LogP contribution in [0.3, 0.4) is 0 Å². The average molecular weight is 304 g/mol. The molecule has 1 aliphatic rings. The largest absolute Gasteiger partial charge is 0.368 e. The normalized spacial score (nSPS) is 19.4.